The lowest BCUT2D eigenvalue weighted by Crippen LogP contribution is -2.55. The van der Waals surface area contributed by atoms with Crippen LogP contribution in [0.25, 0.3) is 0 Å². The van der Waals surface area contributed by atoms with Gasteiger partial charge in [-0.1, -0.05) is 27.2 Å². The molecule has 1 saturated heterocycles. The maximum atomic E-state index is 11.6. The van der Waals surface area contributed by atoms with E-state index in [4.69, 9.17) is 5.11 Å². The molecule has 6 nitrogen and oxygen atoms in total. The largest absolute Gasteiger partial charge is 0.480 e. The number of hydrogen-bond donors (Lipinski definition) is 1. The van der Waals surface area contributed by atoms with Gasteiger partial charge in [-0.2, -0.15) is 0 Å². The van der Waals surface area contributed by atoms with Crippen LogP contribution in [0.5, 0.6) is 0 Å². The smallest absolute Gasteiger partial charge is 0.323 e. The van der Waals surface area contributed by atoms with E-state index in [0.717, 1.165) is 17.7 Å². The molecule has 1 aliphatic heterocycles. The summed E-state index contributed by atoms with van der Waals surface area (Å²) in [4.78, 5) is 36.1. The third-order valence-electron chi connectivity index (χ3n) is 2.50. The molecule has 104 valence electrons. The Bertz CT molecular complexity index is 304. The van der Waals surface area contributed by atoms with Crippen molar-refractivity contribution in [3.63, 3.8) is 0 Å². The summed E-state index contributed by atoms with van der Waals surface area (Å²) in [6.45, 7) is 6.92. The molecular weight excluding hydrogens is 236 g/mol. The second kappa shape index (κ2) is 8.49. The molecule has 0 unspecified atom stereocenters. The third kappa shape index (κ3) is 4.73. The first-order valence-corrected chi connectivity index (χ1v) is 6.36. The lowest BCUT2D eigenvalue weighted by Gasteiger charge is -2.32. The second-order valence-corrected chi connectivity index (χ2v) is 3.77. The van der Waals surface area contributed by atoms with Gasteiger partial charge in [0, 0.05) is 19.6 Å². The van der Waals surface area contributed by atoms with Crippen molar-refractivity contribution in [3.8, 4) is 0 Å². The number of unbranched alkanes of at least 4 members (excludes halogenated alkanes) is 1. The lowest BCUT2D eigenvalue weighted by molar-refractivity contribution is -0.158. The summed E-state index contributed by atoms with van der Waals surface area (Å²) in [5.74, 6) is -2.38. The fourth-order valence-corrected chi connectivity index (χ4v) is 1.59. The zero-order valence-electron chi connectivity index (χ0n) is 11.3. The Labute approximate surface area is 108 Å². The van der Waals surface area contributed by atoms with Gasteiger partial charge in [-0.25, -0.2) is 0 Å². The molecule has 1 aliphatic rings. The number of hydrogen-bond acceptors (Lipinski definition) is 3. The van der Waals surface area contributed by atoms with Crippen molar-refractivity contribution in [2.24, 2.45) is 0 Å². The van der Waals surface area contributed by atoms with Crippen LogP contribution in [-0.2, 0) is 14.4 Å². The SMILES string of the molecule is CC.CCCCN1CCN(CC(=O)O)C(=O)C1=O. The molecule has 0 aromatic carbocycles. The summed E-state index contributed by atoms with van der Waals surface area (Å²) in [5.41, 5.74) is 0. The lowest BCUT2D eigenvalue weighted by atomic mass is 10.2. The fraction of sp³-hybridized carbons (Fsp3) is 0.750. The minimum absolute atomic E-state index is 0.306. The first kappa shape index (κ1) is 16.4. The number of piperazine rings is 1. The highest BCUT2D eigenvalue weighted by atomic mass is 16.4. The van der Waals surface area contributed by atoms with E-state index >= 15 is 0 Å². The van der Waals surface area contributed by atoms with Crippen molar-refractivity contribution in [2.45, 2.75) is 33.6 Å². The molecule has 1 rings (SSSR count). The number of carbonyl (C=O) groups is 3. The van der Waals surface area contributed by atoms with Crippen LogP contribution in [0.1, 0.15) is 33.6 Å². The predicted octanol–water partition coefficient (Wildman–Crippen LogP) is 0.568. The Morgan fingerprint density at radius 1 is 1.17 bits per heavy atom. The maximum absolute atomic E-state index is 11.6. The molecular formula is C12H22N2O4. The van der Waals surface area contributed by atoms with E-state index < -0.39 is 24.3 Å². The highest BCUT2D eigenvalue weighted by Crippen LogP contribution is 2.06. The Balaban J connectivity index is 0.00000137. The van der Waals surface area contributed by atoms with E-state index in [9.17, 15) is 14.4 Å². The monoisotopic (exact) mass is 258 g/mol. The molecule has 0 saturated carbocycles. The van der Waals surface area contributed by atoms with Crippen LogP contribution in [0, 0.1) is 0 Å². The number of aliphatic carboxylic acids is 1. The standard InChI is InChI=1S/C10H16N2O4.C2H6/c1-2-3-4-11-5-6-12(7-8(13)14)10(16)9(11)15;1-2/h2-7H2,1H3,(H,13,14);1-2H3. The van der Waals surface area contributed by atoms with Gasteiger partial charge >= 0.3 is 17.8 Å². The van der Waals surface area contributed by atoms with Crippen molar-refractivity contribution in [2.75, 3.05) is 26.2 Å². The quantitative estimate of drug-likeness (QED) is 0.731. The van der Waals surface area contributed by atoms with Gasteiger partial charge in [0.15, 0.2) is 0 Å². The van der Waals surface area contributed by atoms with Crippen molar-refractivity contribution in [1.29, 1.82) is 0 Å². The van der Waals surface area contributed by atoms with Crippen LogP contribution in [0.15, 0.2) is 0 Å². The maximum Gasteiger partial charge on any atom is 0.323 e. The first-order chi connectivity index (χ1) is 8.56. The minimum Gasteiger partial charge on any atom is -0.480 e. The number of amides is 2. The van der Waals surface area contributed by atoms with Crippen LogP contribution in [0.2, 0.25) is 0 Å². The van der Waals surface area contributed by atoms with E-state index in [2.05, 4.69) is 0 Å². The van der Waals surface area contributed by atoms with Crippen molar-refractivity contribution >= 4 is 17.8 Å². The normalized spacial score (nSPS) is 15.3. The summed E-state index contributed by atoms with van der Waals surface area (Å²) in [5, 5.41) is 8.56. The molecule has 1 fully saturated rings. The molecule has 0 bridgehead atoms. The zero-order chi connectivity index (χ0) is 14.1. The molecule has 1 heterocycles. The molecule has 6 heteroatoms. The van der Waals surface area contributed by atoms with Crippen LogP contribution < -0.4 is 0 Å². The molecule has 0 radical (unpaired) electrons. The summed E-state index contributed by atoms with van der Waals surface area (Å²) < 4.78 is 0. The minimum atomic E-state index is -1.09. The third-order valence-corrected chi connectivity index (χ3v) is 2.50. The highest BCUT2D eigenvalue weighted by Gasteiger charge is 2.32. The van der Waals surface area contributed by atoms with E-state index in [0.29, 0.717) is 19.6 Å². The Morgan fingerprint density at radius 3 is 2.17 bits per heavy atom. The van der Waals surface area contributed by atoms with Crippen molar-refractivity contribution in [3.05, 3.63) is 0 Å². The number of carbonyl (C=O) groups excluding carboxylic acids is 2. The number of rotatable bonds is 5. The van der Waals surface area contributed by atoms with Gasteiger partial charge in [-0.05, 0) is 6.42 Å². The molecule has 2 amide bonds. The van der Waals surface area contributed by atoms with E-state index in [1.54, 1.807) is 0 Å². The molecule has 0 aliphatic carbocycles. The van der Waals surface area contributed by atoms with E-state index in [1.807, 2.05) is 20.8 Å². The zero-order valence-corrected chi connectivity index (χ0v) is 11.3. The predicted molar refractivity (Wildman–Crippen MR) is 67.1 cm³/mol. The fourth-order valence-electron chi connectivity index (χ4n) is 1.59. The molecule has 0 spiro atoms. The van der Waals surface area contributed by atoms with Crippen molar-refractivity contribution in [1.82, 2.24) is 9.80 Å². The first-order valence-electron chi connectivity index (χ1n) is 6.36. The average molecular weight is 258 g/mol. The molecule has 0 aromatic heterocycles. The Kier molecular flexibility index (Phi) is 7.74. The Hall–Kier alpha value is -1.59. The average Bonchev–Trinajstić information content (AvgIpc) is 2.36. The van der Waals surface area contributed by atoms with Crippen LogP contribution >= 0.6 is 0 Å². The topological polar surface area (TPSA) is 77.9 Å². The van der Waals surface area contributed by atoms with Gasteiger partial charge < -0.3 is 14.9 Å². The summed E-state index contributed by atoms with van der Waals surface area (Å²) in [6, 6.07) is 0. The van der Waals surface area contributed by atoms with Gasteiger partial charge in [-0.3, -0.25) is 14.4 Å². The second-order valence-electron chi connectivity index (χ2n) is 3.77. The highest BCUT2D eigenvalue weighted by molar-refractivity contribution is 6.35. The summed E-state index contributed by atoms with van der Waals surface area (Å²) in [6.07, 6.45) is 1.81. The summed E-state index contributed by atoms with van der Waals surface area (Å²) in [7, 11) is 0. The van der Waals surface area contributed by atoms with Gasteiger partial charge in [0.05, 0.1) is 0 Å². The number of carboxylic acids is 1. The molecule has 0 aromatic rings. The van der Waals surface area contributed by atoms with Gasteiger partial charge in [0.25, 0.3) is 0 Å². The van der Waals surface area contributed by atoms with Crippen LogP contribution in [0.3, 0.4) is 0 Å². The van der Waals surface area contributed by atoms with Crippen LogP contribution in [-0.4, -0.2) is 58.9 Å². The molecule has 18 heavy (non-hydrogen) atoms. The molecule has 0 atom stereocenters. The Morgan fingerprint density at radius 2 is 1.67 bits per heavy atom. The van der Waals surface area contributed by atoms with Gasteiger partial charge in [0.2, 0.25) is 0 Å². The number of carboxylic acid groups (broad SMARTS) is 1. The van der Waals surface area contributed by atoms with Gasteiger partial charge in [0.1, 0.15) is 6.54 Å². The van der Waals surface area contributed by atoms with E-state index in [1.165, 1.54) is 4.90 Å². The molecule has 1 N–H and O–H groups in total. The van der Waals surface area contributed by atoms with E-state index in [-0.39, 0.29) is 0 Å². The van der Waals surface area contributed by atoms with Gasteiger partial charge in [-0.15, -0.1) is 0 Å². The van der Waals surface area contributed by atoms with Crippen LogP contribution in [0.4, 0.5) is 0 Å². The summed E-state index contributed by atoms with van der Waals surface area (Å²) >= 11 is 0. The number of nitrogens with zero attached hydrogens (tertiary/aromatic N) is 2. The van der Waals surface area contributed by atoms with Crippen molar-refractivity contribution < 1.29 is 19.5 Å².